The molecule has 0 radical (unpaired) electrons. The summed E-state index contributed by atoms with van der Waals surface area (Å²) in [5.41, 5.74) is 0.886. The van der Waals surface area contributed by atoms with Crippen LogP contribution in [-0.4, -0.2) is 70.5 Å². The first-order chi connectivity index (χ1) is 13.8. The second kappa shape index (κ2) is 9.42. The third kappa shape index (κ3) is 5.91. The molecule has 0 aliphatic carbocycles. The van der Waals surface area contributed by atoms with E-state index in [0.717, 1.165) is 12.0 Å². The van der Waals surface area contributed by atoms with Gasteiger partial charge in [-0.25, -0.2) is 13.2 Å². The molecule has 8 nitrogen and oxygen atoms in total. The molecule has 1 aromatic carbocycles. The van der Waals surface area contributed by atoms with Crippen molar-refractivity contribution in [2.24, 2.45) is 0 Å². The maximum Gasteiger partial charge on any atom is 0.409 e. The lowest BCUT2D eigenvalue weighted by atomic mass is 10.0. The van der Waals surface area contributed by atoms with E-state index in [4.69, 9.17) is 18.9 Å². The summed E-state index contributed by atoms with van der Waals surface area (Å²) in [5.74, 6) is -0.654. The van der Waals surface area contributed by atoms with Gasteiger partial charge >= 0.3 is 6.09 Å². The molecular formula is C20H29NO7S. The molecule has 1 amide bonds. The standard InChI is InChI=1S/C20H29NO7S/c1-3-12-25-19(22)21-10-8-20(9-11-21)27-14-17(15-28-20)26-13-16-4-6-18(7-5-16)29(2,23)24/h4-7,17H,3,8-15H2,1-2H3. The van der Waals surface area contributed by atoms with Crippen molar-refractivity contribution in [3.05, 3.63) is 29.8 Å². The minimum atomic E-state index is -3.20. The number of benzene rings is 1. The number of likely N-dealkylation sites (tertiary alicyclic amines) is 1. The van der Waals surface area contributed by atoms with Gasteiger partial charge in [0.2, 0.25) is 0 Å². The van der Waals surface area contributed by atoms with Gasteiger partial charge in [-0.15, -0.1) is 0 Å². The molecule has 0 saturated carbocycles. The summed E-state index contributed by atoms with van der Waals surface area (Å²) < 4.78 is 46.0. The Balaban J connectivity index is 1.41. The molecule has 3 rings (SSSR count). The van der Waals surface area contributed by atoms with Crippen molar-refractivity contribution in [3.63, 3.8) is 0 Å². The van der Waals surface area contributed by atoms with Gasteiger partial charge in [0, 0.05) is 32.2 Å². The fourth-order valence-corrected chi connectivity index (χ4v) is 3.95. The quantitative estimate of drug-likeness (QED) is 0.688. The number of hydrogen-bond acceptors (Lipinski definition) is 7. The third-order valence-electron chi connectivity index (χ3n) is 5.11. The number of carbonyl (C=O) groups excluding carboxylic acids is 1. The predicted molar refractivity (Wildman–Crippen MR) is 105 cm³/mol. The van der Waals surface area contributed by atoms with E-state index in [-0.39, 0.29) is 17.1 Å². The van der Waals surface area contributed by atoms with Crippen LogP contribution >= 0.6 is 0 Å². The van der Waals surface area contributed by atoms with Crippen LogP contribution in [0.1, 0.15) is 31.7 Å². The minimum Gasteiger partial charge on any atom is -0.449 e. The second-order valence-electron chi connectivity index (χ2n) is 7.48. The Bertz CT molecular complexity index is 776. The van der Waals surface area contributed by atoms with Gasteiger partial charge in [0.25, 0.3) is 0 Å². The van der Waals surface area contributed by atoms with Crippen molar-refractivity contribution < 1.29 is 32.2 Å². The van der Waals surface area contributed by atoms with E-state index in [2.05, 4.69) is 0 Å². The van der Waals surface area contributed by atoms with E-state index >= 15 is 0 Å². The molecule has 0 bridgehead atoms. The van der Waals surface area contributed by atoms with Crippen LogP contribution in [0.5, 0.6) is 0 Å². The summed E-state index contributed by atoms with van der Waals surface area (Å²) in [7, 11) is -3.20. The summed E-state index contributed by atoms with van der Waals surface area (Å²) in [6.45, 7) is 4.67. The number of nitrogens with zero attached hydrogens (tertiary/aromatic N) is 1. The molecule has 2 heterocycles. The summed E-state index contributed by atoms with van der Waals surface area (Å²) in [6.07, 6.45) is 2.73. The van der Waals surface area contributed by atoms with Crippen molar-refractivity contribution in [2.45, 2.75) is 49.6 Å². The fourth-order valence-electron chi connectivity index (χ4n) is 3.32. The number of amides is 1. The number of hydrogen-bond donors (Lipinski definition) is 0. The largest absolute Gasteiger partial charge is 0.449 e. The van der Waals surface area contributed by atoms with Crippen molar-refractivity contribution in [3.8, 4) is 0 Å². The van der Waals surface area contributed by atoms with Crippen molar-refractivity contribution in [1.29, 1.82) is 0 Å². The van der Waals surface area contributed by atoms with Gasteiger partial charge in [-0.1, -0.05) is 19.1 Å². The van der Waals surface area contributed by atoms with E-state index in [1.165, 1.54) is 6.26 Å². The summed E-state index contributed by atoms with van der Waals surface area (Å²) in [6, 6.07) is 6.65. The van der Waals surface area contributed by atoms with Crippen molar-refractivity contribution in [2.75, 3.05) is 39.2 Å². The molecule has 2 aliphatic rings. The molecule has 9 heteroatoms. The first-order valence-corrected chi connectivity index (χ1v) is 11.8. The van der Waals surface area contributed by atoms with Gasteiger partial charge in [-0.2, -0.15) is 0 Å². The van der Waals surface area contributed by atoms with Crippen LogP contribution in [0.3, 0.4) is 0 Å². The fraction of sp³-hybridized carbons (Fsp3) is 0.650. The Morgan fingerprint density at radius 2 is 1.79 bits per heavy atom. The zero-order chi connectivity index (χ0) is 20.9. The highest BCUT2D eigenvalue weighted by atomic mass is 32.2. The van der Waals surface area contributed by atoms with E-state index in [9.17, 15) is 13.2 Å². The van der Waals surface area contributed by atoms with Crippen LogP contribution in [0.15, 0.2) is 29.2 Å². The molecule has 162 valence electrons. The number of carbonyl (C=O) groups is 1. The molecule has 0 unspecified atom stereocenters. The SMILES string of the molecule is CCCOC(=O)N1CCC2(CC1)OCC(OCc1ccc(S(C)(=O)=O)cc1)CO2. The summed E-state index contributed by atoms with van der Waals surface area (Å²) >= 11 is 0. The lowest BCUT2D eigenvalue weighted by Gasteiger charge is -2.44. The van der Waals surface area contributed by atoms with Gasteiger partial charge in [0.1, 0.15) is 6.10 Å². The Kier molecular flexibility index (Phi) is 7.15. The van der Waals surface area contributed by atoms with Crippen molar-refractivity contribution >= 4 is 15.9 Å². The topological polar surface area (TPSA) is 91.4 Å². The minimum absolute atomic E-state index is 0.192. The van der Waals surface area contributed by atoms with E-state index in [1.54, 1.807) is 29.2 Å². The highest BCUT2D eigenvalue weighted by Crippen LogP contribution is 2.31. The molecule has 29 heavy (non-hydrogen) atoms. The lowest BCUT2D eigenvalue weighted by Crippen LogP contribution is -2.54. The Morgan fingerprint density at radius 3 is 2.34 bits per heavy atom. The highest BCUT2D eigenvalue weighted by Gasteiger charge is 2.42. The van der Waals surface area contributed by atoms with Crippen LogP contribution in [-0.2, 0) is 35.4 Å². The molecule has 0 N–H and O–H groups in total. The number of sulfone groups is 1. The number of rotatable bonds is 6. The molecule has 2 saturated heterocycles. The van der Waals surface area contributed by atoms with Gasteiger partial charge in [-0.05, 0) is 24.1 Å². The first kappa shape index (κ1) is 22.0. The highest BCUT2D eigenvalue weighted by molar-refractivity contribution is 7.90. The van der Waals surface area contributed by atoms with E-state index < -0.39 is 15.6 Å². The van der Waals surface area contributed by atoms with Crippen LogP contribution < -0.4 is 0 Å². The predicted octanol–water partition coefficient (Wildman–Crippen LogP) is 2.36. The van der Waals surface area contributed by atoms with Gasteiger partial charge < -0.3 is 23.8 Å². The molecule has 2 aliphatic heterocycles. The molecule has 0 atom stereocenters. The first-order valence-electron chi connectivity index (χ1n) is 9.91. The molecule has 0 aromatic heterocycles. The second-order valence-corrected chi connectivity index (χ2v) is 9.50. The molecule has 1 spiro atoms. The maximum atomic E-state index is 11.9. The average Bonchev–Trinajstić information content (AvgIpc) is 2.72. The Hall–Kier alpha value is -1.68. The zero-order valence-corrected chi connectivity index (χ0v) is 17.8. The van der Waals surface area contributed by atoms with E-state index in [1.807, 2.05) is 6.92 Å². The monoisotopic (exact) mass is 427 g/mol. The molecule has 2 fully saturated rings. The number of ether oxygens (including phenoxy) is 4. The zero-order valence-electron chi connectivity index (χ0n) is 17.0. The smallest absolute Gasteiger partial charge is 0.409 e. The van der Waals surface area contributed by atoms with Crippen LogP contribution in [0.2, 0.25) is 0 Å². The molecule has 1 aromatic rings. The van der Waals surface area contributed by atoms with Gasteiger partial charge in [0.05, 0.1) is 31.3 Å². The van der Waals surface area contributed by atoms with Crippen LogP contribution in [0, 0.1) is 0 Å². The summed E-state index contributed by atoms with van der Waals surface area (Å²) in [5, 5.41) is 0. The maximum absolute atomic E-state index is 11.9. The van der Waals surface area contributed by atoms with E-state index in [0.29, 0.717) is 52.4 Å². The molecular weight excluding hydrogens is 398 g/mol. The lowest BCUT2D eigenvalue weighted by molar-refractivity contribution is -0.311. The van der Waals surface area contributed by atoms with Gasteiger partial charge in [0.15, 0.2) is 15.6 Å². The average molecular weight is 428 g/mol. The Labute approximate surface area is 172 Å². The third-order valence-corrected chi connectivity index (χ3v) is 6.24. The van der Waals surface area contributed by atoms with Crippen LogP contribution in [0.4, 0.5) is 4.79 Å². The normalized spacial score (nSPS) is 20.0. The van der Waals surface area contributed by atoms with Gasteiger partial charge in [-0.3, -0.25) is 0 Å². The Morgan fingerprint density at radius 1 is 1.17 bits per heavy atom. The summed E-state index contributed by atoms with van der Waals surface area (Å²) in [4.78, 5) is 13.9. The van der Waals surface area contributed by atoms with Crippen LogP contribution in [0.25, 0.3) is 0 Å². The number of piperidine rings is 1. The van der Waals surface area contributed by atoms with Crippen molar-refractivity contribution in [1.82, 2.24) is 4.90 Å².